The van der Waals surface area contributed by atoms with Crippen molar-refractivity contribution < 1.29 is 4.74 Å². The van der Waals surface area contributed by atoms with Crippen molar-refractivity contribution in [3.05, 3.63) is 83.4 Å². The van der Waals surface area contributed by atoms with Crippen molar-refractivity contribution in [1.82, 2.24) is 4.72 Å². The highest BCUT2D eigenvalue weighted by atomic mass is 35.5. The summed E-state index contributed by atoms with van der Waals surface area (Å²) in [6.07, 6.45) is 0. The molecule has 2 N–H and O–H groups in total. The van der Waals surface area contributed by atoms with Crippen molar-refractivity contribution in [2.24, 2.45) is 4.99 Å². The first-order chi connectivity index (χ1) is 13.2. The van der Waals surface area contributed by atoms with Crippen molar-refractivity contribution in [3.63, 3.8) is 0 Å². The lowest BCUT2D eigenvalue weighted by atomic mass is 10.1. The summed E-state index contributed by atoms with van der Waals surface area (Å²) in [6.45, 7) is 2.07. The van der Waals surface area contributed by atoms with Gasteiger partial charge in [-0.05, 0) is 48.7 Å². The molecule has 136 valence electrons. The molecule has 4 nitrogen and oxygen atoms in total. The maximum absolute atomic E-state index is 6.24. The summed E-state index contributed by atoms with van der Waals surface area (Å²) < 4.78 is 9.31. The maximum atomic E-state index is 6.24. The van der Waals surface area contributed by atoms with E-state index in [2.05, 4.69) is 29.1 Å². The summed E-state index contributed by atoms with van der Waals surface area (Å²) >= 11 is 7.74. The Labute approximate surface area is 167 Å². The molecule has 6 heteroatoms. The van der Waals surface area contributed by atoms with Crippen molar-refractivity contribution in [2.75, 3.05) is 5.32 Å². The second-order valence-electron chi connectivity index (χ2n) is 6.06. The third-order valence-corrected chi connectivity index (χ3v) is 5.32. The summed E-state index contributed by atoms with van der Waals surface area (Å²) in [4.78, 5) is 5.80. The largest absolute Gasteiger partial charge is 0.454 e. The molecule has 0 saturated carbocycles. The highest BCUT2D eigenvalue weighted by molar-refractivity contribution is 7.98. The van der Waals surface area contributed by atoms with Crippen LogP contribution in [-0.2, 0) is 0 Å². The van der Waals surface area contributed by atoms with Crippen LogP contribution in [0.1, 0.15) is 18.5 Å². The van der Waals surface area contributed by atoms with Gasteiger partial charge in [0.05, 0.1) is 21.6 Å². The van der Waals surface area contributed by atoms with Gasteiger partial charge in [0.25, 0.3) is 0 Å². The minimum absolute atomic E-state index is 0.0278. The van der Waals surface area contributed by atoms with Crippen LogP contribution in [0.25, 0.3) is 0 Å². The number of rotatable bonds is 4. The van der Waals surface area contributed by atoms with Gasteiger partial charge in [-0.2, -0.15) is 0 Å². The van der Waals surface area contributed by atoms with E-state index in [1.165, 1.54) is 11.9 Å². The Balaban J connectivity index is 1.60. The molecule has 27 heavy (non-hydrogen) atoms. The molecule has 0 spiro atoms. The average molecular weight is 396 g/mol. The summed E-state index contributed by atoms with van der Waals surface area (Å²) in [7, 11) is 0. The lowest BCUT2D eigenvalue weighted by molar-refractivity contribution is 0.484. The van der Waals surface area contributed by atoms with Crippen molar-refractivity contribution in [1.29, 1.82) is 0 Å². The number of guanidine groups is 1. The van der Waals surface area contributed by atoms with Gasteiger partial charge in [0.1, 0.15) is 5.75 Å². The Morgan fingerprint density at radius 3 is 2.48 bits per heavy atom. The molecule has 0 aliphatic carbocycles. The molecule has 0 bridgehead atoms. The molecule has 4 rings (SSSR count). The summed E-state index contributed by atoms with van der Waals surface area (Å²) in [5, 5.41) is 3.93. The predicted molar refractivity (Wildman–Crippen MR) is 113 cm³/mol. The van der Waals surface area contributed by atoms with Crippen LogP contribution in [0.2, 0.25) is 5.02 Å². The average Bonchev–Trinajstić information content (AvgIpc) is 2.71. The van der Waals surface area contributed by atoms with E-state index in [0.717, 1.165) is 16.1 Å². The minimum Gasteiger partial charge on any atom is -0.454 e. The summed E-state index contributed by atoms with van der Waals surface area (Å²) in [6, 6.07) is 23.6. The quantitative estimate of drug-likeness (QED) is 0.511. The first-order valence-electron chi connectivity index (χ1n) is 8.59. The molecular formula is C21H18ClN3OS. The second-order valence-corrected chi connectivity index (χ2v) is 7.31. The lowest BCUT2D eigenvalue weighted by Crippen LogP contribution is -2.30. The second kappa shape index (κ2) is 7.94. The fourth-order valence-corrected chi connectivity index (χ4v) is 3.64. The lowest BCUT2D eigenvalue weighted by Gasteiger charge is -2.24. The number of halogens is 1. The van der Waals surface area contributed by atoms with Gasteiger partial charge in [0, 0.05) is 0 Å². The number of para-hydroxylation sites is 2. The third kappa shape index (κ3) is 4.04. The van der Waals surface area contributed by atoms with Crippen LogP contribution in [0.15, 0.2) is 82.7 Å². The Morgan fingerprint density at radius 1 is 0.926 bits per heavy atom. The van der Waals surface area contributed by atoms with Crippen molar-refractivity contribution >= 4 is 35.2 Å². The van der Waals surface area contributed by atoms with Crippen LogP contribution in [0.3, 0.4) is 0 Å². The van der Waals surface area contributed by atoms with Gasteiger partial charge in [-0.15, -0.1) is 0 Å². The summed E-state index contributed by atoms with van der Waals surface area (Å²) in [5.41, 5.74) is 2.03. The van der Waals surface area contributed by atoms with Crippen LogP contribution >= 0.6 is 23.5 Å². The van der Waals surface area contributed by atoms with E-state index in [-0.39, 0.29) is 6.04 Å². The molecule has 0 saturated heterocycles. The van der Waals surface area contributed by atoms with E-state index in [9.17, 15) is 0 Å². The first kappa shape index (κ1) is 17.8. The number of hydrogen-bond acceptors (Lipinski definition) is 3. The molecule has 0 radical (unpaired) electrons. The number of nitrogens with one attached hydrogen (secondary N) is 2. The highest BCUT2D eigenvalue weighted by Crippen LogP contribution is 2.40. The van der Waals surface area contributed by atoms with Gasteiger partial charge in [-0.25, -0.2) is 4.99 Å². The molecule has 1 aliphatic heterocycles. The van der Waals surface area contributed by atoms with Crippen LogP contribution in [0, 0.1) is 0 Å². The first-order valence-corrected chi connectivity index (χ1v) is 9.78. The molecule has 1 aliphatic rings. The van der Waals surface area contributed by atoms with Crippen LogP contribution in [0.5, 0.6) is 11.5 Å². The fraction of sp³-hybridized carbons (Fsp3) is 0.0952. The van der Waals surface area contributed by atoms with Gasteiger partial charge < -0.3 is 10.1 Å². The Bertz CT molecular complexity index is 978. The van der Waals surface area contributed by atoms with Gasteiger partial charge >= 0.3 is 0 Å². The van der Waals surface area contributed by atoms with Crippen molar-refractivity contribution in [2.45, 2.75) is 17.9 Å². The normalized spacial score (nSPS) is 15.4. The van der Waals surface area contributed by atoms with Crippen LogP contribution < -0.4 is 14.8 Å². The monoisotopic (exact) mass is 395 g/mol. The van der Waals surface area contributed by atoms with E-state index >= 15 is 0 Å². The molecule has 3 aromatic rings. The minimum atomic E-state index is 0.0278. The number of benzene rings is 3. The van der Waals surface area contributed by atoms with E-state index in [1.807, 2.05) is 60.7 Å². The zero-order chi connectivity index (χ0) is 18.6. The number of fused-ring (bicyclic) bond motifs is 1. The topological polar surface area (TPSA) is 45.7 Å². The molecule has 3 aromatic carbocycles. The standard InChI is InChI=1S/C21H18ClN3OS/c1-14(15-8-3-2-4-9-15)23-21-24-20-18(12-7-13-19(20)27-25-21)26-17-11-6-5-10-16(17)22/h2-14H,1H3,(H2,23,24,25)/t14-/m0/s1. The Morgan fingerprint density at radius 2 is 1.67 bits per heavy atom. The number of nitrogens with zero attached hydrogens (tertiary/aromatic N) is 1. The van der Waals surface area contributed by atoms with Gasteiger partial charge in [0.15, 0.2) is 5.75 Å². The summed E-state index contributed by atoms with van der Waals surface area (Å²) in [5.74, 6) is 2.02. The SMILES string of the molecule is C[C@H](N=C1NSc2cccc(Oc3ccccc3Cl)c2N1)c1ccccc1. The predicted octanol–water partition coefficient (Wildman–Crippen LogP) is 6.27. The zero-order valence-electron chi connectivity index (χ0n) is 14.6. The number of hydrogen-bond donors (Lipinski definition) is 2. The van der Waals surface area contributed by atoms with Gasteiger partial charge in [-0.3, -0.25) is 4.72 Å². The third-order valence-electron chi connectivity index (χ3n) is 4.15. The van der Waals surface area contributed by atoms with Crippen molar-refractivity contribution in [3.8, 4) is 11.5 Å². The Kier molecular flexibility index (Phi) is 5.23. The fourth-order valence-electron chi connectivity index (χ4n) is 2.76. The highest BCUT2D eigenvalue weighted by Gasteiger charge is 2.19. The number of aliphatic imine (C=N–C) groups is 1. The van der Waals surface area contributed by atoms with Crippen LogP contribution in [-0.4, -0.2) is 5.96 Å². The zero-order valence-corrected chi connectivity index (χ0v) is 16.2. The van der Waals surface area contributed by atoms with E-state index in [4.69, 9.17) is 21.3 Å². The smallest absolute Gasteiger partial charge is 0.207 e. The van der Waals surface area contributed by atoms with Gasteiger partial charge in [-0.1, -0.05) is 60.1 Å². The molecule has 1 heterocycles. The number of ether oxygens (including phenoxy) is 1. The molecule has 0 amide bonds. The van der Waals surface area contributed by atoms with E-state index in [1.54, 1.807) is 0 Å². The van der Waals surface area contributed by atoms with E-state index < -0.39 is 0 Å². The maximum Gasteiger partial charge on any atom is 0.207 e. The molecule has 1 atom stereocenters. The van der Waals surface area contributed by atoms with E-state index in [0.29, 0.717) is 22.5 Å². The van der Waals surface area contributed by atoms with Gasteiger partial charge in [0.2, 0.25) is 5.96 Å². The number of anilines is 1. The molecule has 0 fully saturated rings. The molecular weight excluding hydrogens is 378 g/mol. The van der Waals surface area contributed by atoms with Crippen LogP contribution in [0.4, 0.5) is 5.69 Å². The molecule has 0 unspecified atom stereocenters. The molecule has 0 aromatic heterocycles. The Hall–Kier alpha value is -2.63.